The molecule has 0 atom stereocenters. The van der Waals surface area contributed by atoms with Crippen molar-refractivity contribution in [2.75, 3.05) is 24.4 Å². The molecule has 0 saturated heterocycles. The van der Waals surface area contributed by atoms with Crippen LogP contribution in [-0.2, 0) is 9.59 Å². The number of fused-ring (bicyclic) bond motifs is 1. The summed E-state index contributed by atoms with van der Waals surface area (Å²) in [5, 5.41) is 3.55. The highest BCUT2D eigenvalue weighted by Crippen LogP contribution is 2.34. The molecule has 3 aromatic rings. The zero-order valence-corrected chi connectivity index (χ0v) is 15.6. The summed E-state index contributed by atoms with van der Waals surface area (Å²) in [4.78, 5) is 36.3. The molecular weight excluding hydrogens is 360 g/mol. The normalized spacial score (nSPS) is 10.5. The molecule has 0 radical (unpaired) electrons. The topological polar surface area (TPSA) is 88.8 Å². The lowest BCUT2D eigenvalue weighted by molar-refractivity contribution is -0.118. The van der Waals surface area contributed by atoms with E-state index in [2.05, 4.69) is 5.32 Å². The number of hydrogen-bond donors (Lipinski definition) is 1. The van der Waals surface area contributed by atoms with Crippen LogP contribution < -0.4 is 20.6 Å². The number of benzene rings is 2. The third kappa shape index (κ3) is 4.03. The van der Waals surface area contributed by atoms with Crippen LogP contribution in [0.25, 0.3) is 11.0 Å². The highest BCUT2D eigenvalue weighted by molar-refractivity contribution is 5.95. The van der Waals surface area contributed by atoms with Crippen molar-refractivity contribution in [2.24, 2.45) is 0 Å². The van der Waals surface area contributed by atoms with Crippen molar-refractivity contribution >= 4 is 40.2 Å². The van der Waals surface area contributed by atoms with Gasteiger partial charge in [0.1, 0.15) is 17.6 Å². The number of hydrogen-bond acceptors (Lipinski definition) is 6. The third-order valence-corrected chi connectivity index (χ3v) is 4.32. The molecular formula is C21H20N2O5. The van der Waals surface area contributed by atoms with Crippen molar-refractivity contribution in [2.45, 2.75) is 12.8 Å². The quantitative estimate of drug-likeness (QED) is 0.499. The molecule has 1 heterocycles. The number of ether oxygens (including phenoxy) is 1. The Kier molecular flexibility index (Phi) is 5.74. The van der Waals surface area contributed by atoms with Gasteiger partial charge in [0.05, 0.1) is 18.5 Å². The minimum Gasteiger partial charge on any atom is -0.495 e. The summed E-state index contributed by atoms with van der Waals surface area (Å²) in [7, 11) is 3.33. The Morgan fingerprint density at radius 1 is 1.21 bits per heavy atom. The molecule has 0 saturated carbocycles. The first kappa shape index (κ1) is 19.2. The van der Waals surface area contributed by atoms with Crippen LogP contribution in [0.2, 0.25) is 0 Å². The van der Waals surface area contributed by atoms with E-state index in [0.717, 1.165) is 11.1 Å². The number of para-hydroxylation sites is 1. The van der Waals surface area contributed by atoms with E-state index >= 15 is 0 Å². The molecule has 0 spiro atoms. The number of amides is 1. The predicted molar refractivity (Wildman–Crippen MR) is 107 cm³/mol. The van der Waals surface area contributed by atoms with Crippen LogP contribution in [0.1, 0.15) is 12.8 Å². The van der Waals surface area contributed by atoms with E-state index in [-0.39, 0.29) is 18.7 Å². The van der Waals surface area contributed by atoms with Crippen LogP contribution in [0.5, 0.6) is 5.75 Å². The average molecular weight is 380 g/mol. The van der Waals surface area contributed by atoms with Gasteiger partial charge in [0, 0.05) is 37.0 Å². The molecule has 3 rings (SSSR count). The fourth-order valence-electron chi connectivity index (χ4n) is 2.92. The monoisotopic (exact) mass is 380 g/mol. The third-order valence-electron chi connectivity index (χ3n) is 4.32. The van der Waals surface area contributed by atoms with E-state index in [9.17, 15) is 14.4 Å². The summed E-state index contributed by atoms with van der Waals surface area (Å²) in [6.45, 7) is 0. The van der Waals surface area contributed by atoms with Gasteiger partial charge in [-0.2, -0.15) is 0 Å². The Morgan fingerprint density at radius 3 is 2.75 bits per heavy atom. The van der Waals surface area contributed by atoms with Gasteiger partial charge in [0.25, 0.3) is 0 Å². The molecule has 144 valence electrons. The minimum atomic E-state index is -0.448. The number of rotatable bonds is 7. The number of nitrogens with one attached hydrogen (secondary N) is 1. The lowest BCUT2D eigenvalue weighted by Crippen LogP contribution is -2.15. The summed E-state index contributed by atoms with van der Waals surface area (Å²) in [6, 6.07) is 14.0. The van der Waals surface area contributed by atoms with E-state index < -0.39 is 5.63 Å². The standard InChI is InChI=1S/C21H20N2O5/c1-23(17-13-21(26)28-18-7-4-3-6-15(17)18)14-9-10-19(27-2)16(12-14)22-20(25)8-5-11-24/h3-4,6-7,9-13H,5,8H2,1-2H3,(H,22,25). The van der Waals surface area contributed by atoms with E-state index in [1.165, 1.54) is 13.2 Å². The summed E-state index contributed by atoms with van der Waals surface area (Å²) < 4.78 is 10.6. The fourth-order valence-corrected chi connectivity index (χ4v) is 2.92. The average Bonchev–Trinajstić information content (AvgIpc) is 2.71. The largest absolute Gasteiger partial charge is 0.495 e. The SMILES string of the molecule is COc1ccc(N(C)c2cc(=O)oc3ccccc23)cc1NC(=O)CCC=O. The fraction of sp³-hybridized carbons (Fsp3) is 0.190. The summed E-state index contributed by atoms with van der Waals surface area (Å²) in [6.07, 6.45) is 0.948. The molecule has 0 unspecified atom stereocenters. The lowest BCUT2D eigenvalue weighted by atomic mass is 10.1. The molecule has 0 aliphatic heterocycles. The minimum absolute atomic E-state index is 0.0943. The highest BCUT2D eigenvalue weighted by atomic mass is 16.5. The Hall–Kier alpha value is -3.61. The van der Waals surface area contributed by atoms with Gasteiger partial charge in [0.2, 0.25) is 5.91 Å². The second-order valence-corrected chi connectivity index (χ2v) is 6.14. The van der Waals surface area contributed by atoms with E-state index in [1.54, 1.807) is 24.3 Å². The summed E-state index contributed by atoms with van der Waals surface area (Å²) >= 11 is 0. The van der Waals surface area contributed by atoms with Crippen LogP contribution in [0.3, 0.4) is 0 Å². The molecule has 7 nitrogen and oxygen atoms in total. The molecule has 7 heteroatoms. The van der Waals surface area contributed by atoms with Crippen LogP contribution in [0.15, 0.2) is 57.7 Å². The number of anilines is 3. The van der Waals surface area contributed by atoms with Gasteiger partial charge < -0.3 is 24.2 Å². The molecule has 0 bridgehead atoms. The second kappa shape index (κ2) is 8.39. The maximum atomic E-state index is 12.0. The maximum Gasteiger partial charge on any atom is 0.338 e. The van der Waals surface area contributed by atoms with Crippen LogP contribution in [0.4, 0.5) is 17.1 Å². The molecule has 1 amide bonds. The molecule has 0 fully saturated rings. The molecule has 2 aromatic carbocycles. The number of nitrogens with zero attached hydrogens (tertiary/aromatic N) is 1. The van der Waals surface area contributed by atoms with Gasteiger partial charge in [-0.3, -0.25) is 4.79 Å². The predicted octanol–water partition coefficient (Wildman–Crippen LogP) is 3.49. The van der Waals surface area contributed by atoms with Crippen molar-refractivity contribution < 1.29 is 18.7 Å². The number of aldehydes is 1. The Balaban J connectivity index is 2.00. The van der Waals surface area contributed by atoms with Crippen molar-refractivity contribution in [1.82, 2.24) is 0 Å². The first-order valence-electron chi connectivity index (χ1n) is 8.71. The van der Waals surface area contributed by atoms with Gasteiger partial charge in [-0.15, -0.1) is 0 Å². The molecule has 28 heavy (non-hydrogen) atoms. The van der Waals surface area contributed by atoms with Crippen LogP contribution in [0, 0.1) is 0 Å². The van der Waals surface area contributed by atoms with E-state index in [0.29, 0.717) is 29.0 Å². The van der Waals surface area contributed by atoms with Crippen LogP contribution in [-0.4, -0.2) is 26.4 Å². The Labute approximate surface area is 161 Å². The Bertz CT molecular complexity index is 1070. The second-order valence-electron chi connectivity index (χ2n) is 6.14. The van der Waals surface area contributed by atoms with Gasteiger partial charge >= 0.3 is 5.63 Å². The zero-order chi connectivity index (χ0) is 20.1. The van der Waals surface area contributed by atoms with Crippen molar-refractivity contribution in [3.63, 3.8) is 0 Å². The highest BCUT2D eigenvalue weighted by Gasteiger charge is 2.14. The number of methoxy groups -OCH3 is 1. The summed E-state index contributed by atoms with van der Waals surface area (Å²) in [5.41, 5.74) is 1.94. The van der Waals surface area contributed by atoms with Gasteiger partial charge in [-0.1, -0.05) is 12.1 Å². The van der Waals surface area contributed by atoms with Crippen molar-refractivity contribution in [1.29, 1.82) is 0 Å². The molecule has 0 aliphatic carbocycles. The Morgan fingerprint density at radius 2 is 2.00 bits per heavy atom. The smallest absolute Gasteiger partial charge is 0.338 e. The summed E-state index contributed by atoms with van der Waals surface area (Å²) in [5.74, 6) is 0.213. The van der Waals surface area contributed by atoms with E-state index in [1.807, 2.05) is 30.1 Å². The molecule has 1 N–H and O–H groups in total. The number of carbonyl (C=O) groups excluding carboxylic acids is 2. The maximum absolute atomic E-state index is 12.0. The molecule has 0 aliphatic rings. The lowest BCUT2D eigenvalue weighted by Gasteiger charge is -2.22. The van der Waals surface area contributed by atoms with Gasteiger partial charge in [-0.25, -0.2) is 4.79 Å². The molecule has 1 aromatic heterocycles. The first-order valence-corrected chi connectivity index (χ1v) is 8.71. The van der Waals surface area contributed by atoms with Gasteiger partial charge in [0.15, 0.2) is 0 Å². The van der Waals surface area contributed by atoms with Crippen molar-refractivity contribution in [3.8, 4) is 5.75 Å². The van der Waals surface area contributed by atoms with Gasteiger partial charge in [-0.05, 0) is 30.3 Å². The van der Waals surface area contributed by atoms with Crippen LogP contribution >= 0.6 is 0 Å². The van der Waals surface area contributed by atoms with Crippen molar-refractivity contribution in [3.05, 3.63) is 59.0 Å². The zero-order valence-electron chi connectivity index (χ0n) is 15.6. The van der Waals surface area contributed by atoms with E-state index in [4.69, 9.17) is 9.15 Å². The first-order chi connectivity index (χ1) is 13.5. The number of carbonyl (C=O) groups is 2.